The van der Waals surface area contributed by atoms with E-state index >= 15 is 0 Å². The molecule has 6 heteroatoms. The molecule has 4 aromatic rings. The number of carbonyl (C=O) groups excluding carboxylic acids is 1. The standard InChI is InChI=1S/C21H20N4OS/c1-3-12-25-16-7-5-4-6-15(16)23-20(25)17-8-9-18(27-17)21(26)24-19-13-14(2)10-11-22-19/h4-11,13H,3,12H2,1-2H3,(H,22,24,26). The number of hydrogen-bond donors (Lipinski definition) is 1. The van der Waals surface area contributed by atoms with Crippen molar-refractivity contribution in [2.45, 2.75) is 26.8 Å². The van der Waals surface area contributed by atoms with Gasteiger partial charge >= 0.3 is 0 Å². The molecule has 3 heterocycles. The second-order valence-electron chi connectivity index (χ2n) is 6.41. The Bertz CT molecular complexity index is 1110. The number of aryl methyl sites for hydroxylation is 2. The van der Waals surface area contributed by atoms with Gasteiger partial charge in [-0.05, 0) is 55.3 Å². The number of carbonyl (C=O) groups is 1. The van der Waals surface area contributed by atoms with Crippen LogP contribution in [0.25, 0.3) is 21.7 Å². The minimum Gasteiger partial charge on any atom is -0.323 e. The van der Waals surface area contributed by atoms with Gasteiger partial charge in [-0.3, -0.25) is 4.79 Å². The fourth-order valence-corrected chi connectivity index (χ4v) is 3.98. The number of amides is 1. The van der Waals surface area contributed by atoms with Crippen molar-refractivity contribution in [1.29, 1.82) is 0 Å². The minimum atomic E-state index is -0.150. The summed E-state index contributed by atoms with van der Waals surface area (Å²) >= 11 is 1.45. The number of para-hydroxylation sites is 2. The van der Waals surface area contributed by atoms with Gasteiger partial charge in [0.2, 0.25) is 0 Å². The van der Waals surface area contributed by atoms with Gasteiger partial charge in [-0.1, -0.05) is 19.1 Å². The summed E-state index contributed by atoms with van der Waals surface area (Å²) in [7, 11) is 0. The summed E-state index contributed by atoms with van der Waals surface area (Å²) in [6.45, 7) is 5.02. The van der Waals surface area contributed by atoms with Crippen LogP contribution in [-0.2, 0) is 6.54 Å². The van der Waals surface area contributed by atoms with Crippen LogP contribution >= 0.6 is 11.3 Å². The summed E-state index contributed by atoms with van der Waals surface area (Å²) in [4.78, 5) is 23.2. The molecule has 4 rings (SSSR count). The fraction of sp³-hybridized carbons (Fsp3) is 0.190. The quantitative estimate of drug-likeness (QED) is 0.525. The molecule has 0 atom stereocenters. The van der Waals surface area contributed by atoms with E-state index in [0.717, 1.165) is 40.3 Å². The summed E-state index contributed by atoms with van der Waals surface area (Å²) < 4.78 is 2.23. The highest BCUT2D eigenvalue weighted by atomic mass is 32.1. The van der Waals surface area contributed by atoms with Gasteiger partial charge in [0.15, 0.2) is 5.82 Å². The van der Waals surface area contributed by atoms with Gasteiger partial charge in [-0.25, -0.2) is 9.97 Å². The summed E-state index contributed by atoms with van der Waals surface area (Å²) in [5, 5.41) is 2.86. The van der Waals surface area contributed by atoms with Crippen LogP contribution in [0, 0.1) is 6.92 Å². The molecule has 0 saturated carbocycles. The highest BCUT2D eigenvalue weighted by Crippen LogP contribution is 2.31. The van der Waals surface area contributed by atoms with Crippen LogP contribution < -0.4 is 5.32 Å². The second-order valence-corrected chi connectivity index (χ2v) is 7.50. The monoisotopic (exact) mass is 376 g/mol. The average molecular weight is 376 g/mol. The largest absolute Gasteiger partial charge is 0.323 e. The van der Waals surface area contributed by atoms with Crippen molar-refractivity contribution < 1.29 is 4.79 Å². The SMILES string of the molecule is CCCn1c(-c2ccc(C(=O)Nc3cc(C)ccn3)s2)nc2ccccc21. The number of nitrogens with one attached hydrogen (secondary N) is 1. The summed E-state index contributed by atoms with van der Waals surface area (Å²) in [5.74, 6) is 1.33. The van der Waals surface area contributed by atoms with Crippen molar-refractivity contribution in [2.75, 3.05) is 5.32 Å². The third kappa shape index (κ3) is 3.48. The van der Waals surface area contributed by atoms with E-state index in [0.29, 0.717) is 10.7 Å². The molecule has 1 aromatic carbocycles. The number of hydrogen-bond acceptors (Lipinski definition) is 4. The molecule has 0 unspecified atom stereocenters. The summed E-state index contributed by atoms with van der Waals surface area (Å²) in [6.07, 6.45) is 2.71. The smallest absolute Gasteiger partial charge is 0.266 e. The predicted molar refractivity (Wildman–Crippen MR) is 110 cm³/mol. The van der Waals surface area contributed by atoms with Crippen LogP contribution in [0.15, 0.2) is 54.7 Å². The lowest BCUT2D eigenvalue weighted by Crippen LogP contribution is -2.11. The van der Waals surface area contributed by atoms with Crippen molar-refractivity contribution in [3.05, 3.63) is 65.2 Å². The molecule has 0 radical (unpaired) electrons. The van der Waals surface area contributed by atoms with E-state index in [1.54, 1.807) is 6.20 Å². The van der Waals surface area contributed by atoms with Gasteiger partial charge in [-0.15, -0.1) is 11.3 Å². The number of benzene rings is 1. The van der Waals surface area contributed by atoms with E-state index in [-0.39, 0.29) is 5.91 Å². The number of fused-ring (bicyclic) bond motifs is 1. The fourth-order valence-electron chi connectivity index (χ4n) is 3.08. The summed E-state index contributed by atoms with van der Waals surface area (Å²) in [5.41, 5.74) is 3.16. The lowest BCUT2D eigenvalue weighted by atomic mass is 10.3. The Morgan fingerprint density at radius 2 is 2.04 bits per heavy atom. The first-order chi connectivity index (χ1) is 13.2. The van der Waals surface area contributed by atoms with Gasteiger partial charge < -0.3 is 9.88 Å². The van der Waals surface area contributed by atoms with Crippen molar-refractivity contribution in [3.63, 3.8) is 0 Å². The van der Waals surface area contributed by atoms with Crippen molar-refractivity contribution >= 4 is 34.1 Å². The molecule has 1 amide bonds. The van der Waals surface area contributed by atoms with E-state index < -0.39 is 0 Å². The van der Waals surface area contributed by atoms with Crippen LogP contribution in [-0.4, -0.2) is 20.4 Å². The van der Waals surface area contributed by atoms with Crippen LogP contribution in [0.2, 0.25) is 0 Å². The van der Waals surface area contributed by atoms with Crippen LogP contribution in [0.3, 0.4) is 0 Å². The Kier molecular flexibility index (Phi) is 4.73. The number of thiophene rings is 1. The molecule has 0 aliphatic rings. The predicted octanol–water partition coefficient (Wildman–Crippen LogP) is 5.13. The zero-order valence-electron chi connectivity index (χ0n) is 15.3. The molecular formula is C21H20N4OS. The molecule has 27 heavy (non-hydrogen) atoms. The summed E-state index contributed by atoms with van der Waals surface area (Å²) in [6, 6.07) is 15.7. The zero-order valence-corrected chi connectivity index (χ0v) is 16.1. The maximum absolute atomic E-state index is 12.6. The minimum absolute atomic E-state index is 0.150. The molecule has 0 fully saturated rings. The topological polar surface area (TPSA) is 59.8 Å². The number of nitrogens with zero attached hydrogens (tertiary/aromatic N) is 3. The third-order valence-electron chi connectivity index (χ3n) is 4.31. The van der Waals surface area contributed by atoms with Crippen molar-refractivity contribution in [2.24, 2.45) is 0 Å². The molecule has 0 aliphatic carbocycles. The lowest BCUT2D eigenvalue weighted by Gasteiger charge is -2.06. The zero-order chi connectivity index (χ0) is 18.8. The molecule has 3 aromatic heterocycles. The molecule has 0 spiro atoms. The maximum Gasteiger partial charge on any atom is 0.266 e. The van der Waals surface area contributed by atoms with Gasteiger partial charge in [0.25, 0.3) is 5.91 Å². The molecule has 5 nitrogen and oxygen atoms in total. The maximum atomic E-state index is 12.6. The normalized spacial score (nSPS) is 11.0. The van der Waals surface area contributed by atoms with Gasteiger partial charge in [-0.2, -0.15) is 0 Å². The molecule has 0 saturated heterocycles. The second kappa shape index (κ2) is 7.32. The van der Waals surface area contributed by atoms with E-state index in [9.17, 15) is 4.79 Å². The van der Waals surface area contributed by atoms with Crippen molar-refractivity contribution in [1.82, 2.24) is 14.5 Å². The first-order valence-electron chi connectivity index (χ1n) is 8.95. The Balaban J connectivity index is 1.65. The van der Waals surface area contributed by atoms with Gasteiger partial charge in [0.05, 0.1) is 20.8 Å². The third-order valence-corrected chi connectivity index (χ3v) is 5.39. The van der Waals surface area contributed by atoms with Crippen LogP contribution in [0.4, 0.5) is 5.82 Å². The molecule has 0 bridgehead atoms. The first-order valence-corrected chi connectivity index (χ1v) is 9.77. The Morgan fingerprint density at radius 3 is 2.85 bits per heavy atom. The van der Waals surface area contributed by atoms with Gasteiger partial charge in [0, 0.05) is 12.7 Å². The number of imidazole rings is 1. The van der Waals surface area contributed by atoms with E-state index in [4.69, 9.17) is 4.98 Å². The highest BCUT2D eigenvalue weighted by Gasteiger charge is 2.16. The van der Waals surface area contributed by atoms with E-state index in [1.165, 1.54) is 11.3 Å². The number of pyridine rings is 1. The molecule has 136 valence electrons. The average Bonchev–Trinajstić information content (AvgIpc) is 3.27. The molecular weight excluding hydrogens is 356 g/mol. The molecule has 0 aliphatic heterocycles. The van der Waals surface area contributed by atoms with Gasteiger partial charge in [0.1, 0.15) is 5.82 Å². The van der Waals surface area contributed by atoms with E-state index in [1.807, 2.05) is 49.4 Å². The number of anilines is 1. The Hall–Kier alpha value is -2.99. The Labute approximate surface area is 161 Å². The lowest BCUT2D eigenvalue weighted by molar-refractivity contribution is 0.103. The molecule has 1 N–H and O–H groups in total. The number of aromatic nitrogens is 3. The first kappa shape index (κ1) is 17.4. The van der Waals surface area contributed by atoms with Crippen LogP contribution in [0.5, 0.6) is 0 Å². The number of rotatable bonds is 5. The van der Waals surface area contributed by atoms with Crippen molar-refractivity contribution in [3.8, 4) is 10.7 Å². The Morgan fingerprint density at radius 1 is 1.19 bits per heavy atom. The highest BCUT2D eigenvalue weighted by molar-refractivity contribution is 7.17. The van der Waals surface area contributed by atoms with E-state index in [2.05, 4.69) is 27.9 Å². The van der Waals surface area contributed by atoms with Crippen LogP contribution in [0.1, 0.15) is 28.6 Å².